The third-order valence-electron chi connectivity index (χ3n) is 3.35. The molecule has 2 aromatic carbocycles. The zero-order chi connectivity index (χ0) is 18.2. The van der Waals surface area contributed by atoms with Gasteiger partial charge in [-0.15, -0.1) is 0 Å². The molecule has 2 aromatic rings. The lowest BCUT2D eigenvalue weighted by Crippen LogP contribution is -2.20. The van der Waals surface area contributed by atoms with Gasteiger partial charge in [0, 0.05) is 22.7 Å². The number of rotatable bonds is 7. The summed E-state index contributed by atoms with van der Waals surface area (Å²) in [5.74, 6) is -0.513. The highest BCUT2D eigenvalue weighted by molar-refractivity contribution is 9.10. The number of benzene rings is 2. The monoisotopic (exact) mass is 403 g/mol. The minimum Gasteiger partial charge on any atom is -0.493 e. The summed E-state index contributed by atoms with van der Waals surface area (Å²) in [5, 5.41) is 11.6. The molecule has 0 spiro atoms. The Labute approximate surface area is 154 Å². The van der Waals surface area contributed by atoms with Crippen LogP contribution < -0.4 is 10.1 Å². The number of nitrogens with one attached hydrogen (secondary N) is 1. The molecule has 5 nitrogen and oxygen atoms in total. The second-order valence-electron chi connectivity index (χ2n) is 5.17. The maximum absolute atomic E-state index is 12.0. The average molecular weight is 404 g/mol. The van der Waals surface area contributed by atoms with Gasteiger partial charge in [-0.2, -0.15) is 0 Å². The van der Waals surface area contributed by atoms with Crippen molar-refractivity contribution in [1.82, 2.24) is 5.32 Å². The fourth-order valence-corrected chi connectivity index (χ4v) is 2.49. The molecule has 0 aromatic heterocycles. The summed E-state index contributed by atoms with van der Waals surface area (Å²) in [6.45, 7) is 2.76. The molecular formula is C19H18BrNO4. The number of carboxylic acids is 1. The van der Waals surface area contributed by atoms with Crippen LogP contribution in [0.3, 0.4) is 0 Å². The van der Waals surface area contributed by atoms with Crippen LogP contribution in [0.2, 0.25) is 0 Å². The van der Waals surface area contributed by atoms with E-state index in [2.05, 4.69) is 21.2 Å². The minimum atomic E-state index is -0.974. The van der Waals surface area contributed by atoms with Crippen LogP contribution in [-0.2, 0) is 11.3 Å². The molecule has 0 fully saturated rings. The second-order valence-corrected chi connectivity index (χ2v) is 6.08. The topological polar surface area (TPSA) is 75.6 Å². The second kappa shape index (κ2) is 9.03. The zero-order valence-electron chi connectivity index (χ0n) is 13.7. The summed E-state index contributed by atoms with van der Waals surface area (Å²) in [5.41, 5.74) is 1.84. The molecule has 6 heteroatoms. The van der Waals surface area contributed by atoms with Gasteiger partial charge in [-0.05, 0) is 48.9 Å². The van der Waals surface area contributed by atoms with Crippen LogP contribution in [0.4, 0.5) is 0 Å². The number of hydrogen-bond acceptors (Lipinski definition) is 3. The van der Waals surface area contributed by atoms with Gasteiger partial charge in [-0.1, -0.05) is 28.1 Å². The summed E-state index contributed by atoms with van der Waals surface area (Å²) in [4.78, 5) is 22.8. The van der Waals surface area contributed by atoms with Crippen molar-refractivity contribution in [2.45, 2.75) is 13.5 Å². The fraction of sp³-hybridized carbons (Fsp3) is 0.158. The van der Waals surface area contributed by atoms with E-state index in [0.717, 1.165) is 15.6 Å². The molecule has 0 saturated carbocycles. The van der Waals surface area contributed by atoms with E-state index in [4.69, 9.17) is 9.84 Å². The van der Waals surface area contributed by atoms with Crippen LogP contribution in [0.5, 0.6) is 5.75 Å². The van der Waals surface area contributed by atoms with E-state index in [1.54, 1.807) is 18.2 Å². The molecule has 0 radical (unpaired) electrons. The van der Waals surface area contributed by atoms with Crippen molar-refractivity contribution < 1.29 is 19.4 Å². The van der Waals surface area contributed by atoms with Crippen molar-refractivity contribution in [3.8, 4) is 5.75 Å². The van der Waals surface area contributed by atoms with Crippen LogP contribution >= 0.6 is 15.9 Å². The molecule has 0 aliphatic heterocycles. The van der Waals surface area contributed by atoms with E-state index >= 15 is 0 Å². The Morgan fingerprint density at radius 2 is 1.92 bits per heavy atom. The third-order valence-corrected chi connectivity index (χ3v) is 3.85. The summed E-state index contributed by atoms with van der Waals surface area (Å²) in [6.07, 6.45) is 3.13. The van der Waals surface area contributed by atoms with E-state index < -0.39 is 5.97 Å². The molecule has 0 aliphatic rings. The molecule has 0 saturated heterocycles. The number of aromatic carboxylic acids is 1. The molecule has 25 heavy (non-hydrogen) atoms. The Kier molecular flexibility index (Phi) is 6.77. The highest BCUT2D eigenvalue weighted by Crippen LogP contribution is 2.24. The number of carbonyl (C=O) groups excluding carboxylic acids is 1. The maximum atomic E-state index is 12.0. The largest absolute Gasteiger partial charge is 0.493 e. The Morgan fingerprint density at radius 1 is 1.20 bits per heavy atom. The van der Waals surface area contributed by atoms with Crippen molar-refractivity contribution in [3.63, 3.8) is 0 Å². The number of carboxylic acid groups (broad SMARTS) is 1. The fourth-order valence-electron chi connectivity index (χ4n) is 2.12. The first-order chi connectivity index (χ1) is 12.0. The van der Waals surface area contributed by atoms with Gasteiger partial charge in [0.1, 0.15) is 5.75 Å². The van der Waals surface area contributed by atoms with Crippen LogP contribution in [0.15, 0.2) is 53.0 Å². The smallest absolute Gasteiger partial charge is 0.335 e. The van der Waals surface area contributed by atoms with Crippen molar-refractivity contribution in [1.29, 1.82) is 0 Å². The predicted octanol–water partition coefficient (Wildman–Crippen LogP) is 3.88. The molecule has 0 atom stereocenters. The van der Waals surface area contributed by atoms with Gasteiger partial charge in [-0.3, -0.25) is 4.79 Å². The molecule has 0 bridgehead atoms. The lowest BCUT2D eigenvalue weighted by atomic mass is 10.1. The normalized spacial score (nSPS) is 10.6. The van der Waals surface area contributed by atoms with Gasteiger partial charge in [0.2, 0.25) is 5.91 Å². The van der Waals surface area contributed by atoms with Crippen molar-refractivity contribution in [2.24, 2.45) is 0 Å². The molecule has 0 aliphatic carbocycles. The lowest BCUT2D eigenvalue weighted by molar-refractivity contribution is -0.116. The van der Waals surface area contributed by atoms with Crippen LogP contribution in [0.1, 0.15) is 28.4 Å². The third kappa shape index (κ3) is 5.76. The van der Waals surface area contributed by atoms with Crippen molar-refractivity contribution >= 4 is 33.9 Å². The molecule has 0 heterocycles. The minimum absolute atomic E-state index is 0.216. The van der Waals surface area contributed by atoms with Gasteiger partial charge in [-0.25, -0.2) is 4.79 Å². The predicted molar refractivity (Wildman–Crippen MR) is 99.6 cm³/mol. The number of halogens is 1. The number of carbonyl (C=O) groups is 2. The number of amides is 1. The number of hydrogen-bond donors (Lipinski definition) is 2. The van der Waals surface area contributed by atoms with Crippen LogP contribution in [0.25, 0.3) is 6.08 Å². The van der Waals surface area contributed by atoms with Gasteiger partial charge >= 0.3 is 5.97 Å². The van der Waals surface area contributed by atoms with E-state index in [1.165, 1.54) is 18.2 Å². The van der Waals surface area contributed by atoms with Gasteiger partial charge in [0.25, 0.3) is 0 Å². The Morgan fingerprint density at radius 3 is 2.56 bits per heavy atom. The molecule has 2 N–H and O–H groups in total. The first kappa shape index (κ1) is 18.7. The van der Waals surface area contributed by atoms with Crippen molar-refractivity contribution in [2.75, 3.05) is 6.61 Å². The number of ether oxygens (including phenoxy) is 1. The van der Waals surface area contributed by atoms with Crippen LogP contribution in [-0.4, -0.2) is 23.6 Å². The molecule has 0 unspecified atom stereocenters. The lowest BCUT2D eigenvalue weighted by Gasteiger charge is -2.07. The summed E-state index contributed by atoms with van der Waals surface area (Å²) >= 11 is 3.40. The van der Waals surface area contributed by atoms with E-state index in [1.807, 2.05) is 25.1 Å². The molecule has 2 rings (SSSR count). The molecule has 1 amide bonds. The first-order valence-corrected chi connectivity index (χ1v) is 8.49. The average Bonchev–Trinajstić information content (AvgIpc) is 2.60. The van der Waals surface area contributed by atoms with E-state index in [0.29, 0.717) is 18.9 Å². The highest BCUT2D eigenvalue weighted by Gasteiger charge is 2.04. The van der Waals surface area contributed by atoms with E-state index in [-0.39, 0.29) is 11.5 Å². The summed E-state index contributed by atoms with van der Waals surface area (Å²) < 4.78 is 6.43. The quantitative estimate of drug-likeness (QED) is 0.687. The molecule has 130 valence electrons. The Balaban J connectivity index is 1.97. The van der Waals surface area contributed by atoms with Gasteiger partial charge in [0.05, 0.1) is 12.2 Å². The first-order valence-electron chi connectivity index (χ1n) is 7.70. The van der Waals surface area contributed by atoms with Gasteiger partial charge in [0.15, 0.2) is 0 Å². The SMILES string of the molecule is CCOc1ccc(Br)cc1/C=C/C(=O)NCc1ccc(C(=O)O)cc1. The Hall–Kier alpha value is -2.60. The van der Waals surface area contributed by atoms with E-state index in [9.17, 15) is 9.59 Å². The standard InChI is InChI=1S/C19H18BrNO4/c1-2-25-17-9-8-16(20)11-15(17)7-10-18(22)21-12-13-3-5-14(6-4-13)19(23)24/h3-11H,2,12H2,1H3,(H,21,22)(H,23,24)/b10-7+. The van der Waals surface area contributed by atoms with Crippen molar-refractivity contribution in [3.05, 3.63) is 69.7 Å². The van der Waals surface area contributed by atoms with Crippen LogP contribution in [0, 0.1) is 0 Å². The highest BCUT2D eigenvalue weighted by atomic mass is 79.9. The summed E-state index contributed by atoms with van der Waals surface area (Å²) in [6, 6.07) is 12.0. The zero-order valence-corrected chi connectivity index (χ0v) is 15.2. The maximum Gasteiger partial charge on any atom is 0.335 e. The Bertz CT molecular complexity index is 785. The molecular weight excluding hydrogens is 386 g/mol. The summed E-state index contributed by atoms with van der Waals surface area (Å²) in [7, 11) is 0. The van der Waals surface area contributed by atoms with Gasteiger partial charge < -0.3 is 15.2 Å².